The van der Waals surface area contributed by atoms with Crippen molar-refractivity contribution in [3.8, 4) is 0 Å². The average molecular weight is 182 g/mol. The Morgan fingerprint density at radius 3 is 2.83 bits per heavy atom. The lowest BCUT2D eigenvalue weighted by molar-refractivity contribution is -0.121. The Kier molecular flexibility index (Phi) is 2.78. The molecule has 0 heterocycles. The van der Waals surface area contributed by atoms with E-state index >= 15 is 0 Å². The second-order valence-corrected chi connectivity index (χ2v) is 4.25. The quantitative estimate of drug-likeness (QED) is 0.652. The van der Waals surface area contributed by atoms with Gasteiger partial charge >= 0.3 is 0 Å². The Morgan fingerprint density at radius 2 is 2.25 bits per heavy atom. The molecule has 0 fully saturated rings. The van der Waals surface area contributed by atoms with E-state index in [-0.39, 0.29) is 11.2 Å². The van der Waals surface area contributed by atoms with E-state index in [2.05, 4.69) is 0 Å². The van der Waals surface area contributed by atoms with Crippen LogP contribution in [0.3, 0.4) is 0 Å². The Labute approximate surface area is 77.9 Å². The van der Waals surface area contributed by atoms with Crippen molar-refractivity contribution >= 4 is 17.5 Å². The summed E-state index contributed by atoms with van der Waals surface area (Å²) in [7, 11) is 0. The molecule has 1 unspecified atom stereocenters. The first-order valence-electron chi connectivity index (χ1n) is 4.00. The molecule has 0 saturated heterocycles. The van der Waals surface area contributed by atoms with Crippen LogP contribution in [0, 0.1) is 5.41 Å². The molecule has 1 nitrogen and oxygen atoms in total. The van der Waals surface area contributed by atoms with Gasteiger partial charge in [-0.1, -0.05) is 18.2 Å². The van der Waals surface area contributed by atoms with Crippen molar-refractivity contribution in [3.63, 3.8) is 0 Å². The molecule has 0 spiro atoms. The highest BCUT2D eigenvalue weighted by Crippen LogP contribution is 2.30. The summed E-state index contributed by atoms with van der Waals surface area (Å²) in [5, 5.41) is 0. The number of carbonyl (C=O) groups excluding carboxylic acids is 1. The fraction of sp³-hybridized carbons (Fsp3) is 0.500. The summed E-state index contributed by atoms with van der Waals surface area (Å²) in [5.41, 5.74) is 0.604. The number of ketones is 1. The molecular formula is C10H14OS. The summed E-state index contributed by atoms with van der Waals surface area (Å²) in [6.07, 6.45) is 7.89. The molecule has 66 valence electrons. The Hall–Kier alpha value is -0.500. The van der Waals surface area contributed by atoms with Crippen LogP contribution in [0.15, 0.2) is 23.8 Å². The van der Waals surface area contributed by atoms with Gasteiger partial charge in [0.25, 0.3) is 0 Å². The van der Waals surface area contributed by atoms with E-state index in [1.165, 1.54) is 0 Å². The van der Waals surface area contributed by atoms with Crippen LogP contribution in [0.4, 0.5) is 0 Å². The number of allylic oxidation sites excluding steroid dienone is 4. The maximum absolute atomic E-state index is 11.7. The lowest BCUT2D eigenvalue weighted by atomic mass is 9.81. The smallest absolute Gasteiger partial charge is 0.169 e. The fourth-order valence-corrected chi connectivity index (χ4v) is 2.25. The minimum atomic E-state index is -0.266. The van der Waals surface area contributed by atoms with Gasteiger partial charge in [0.2, 0.25) is 0 Å². The maximum atomic E-state index is 11.7. The van der Waals surface area contributed by atoms with E-state index in [9.17, 15) is 4.79 Å². The molecule has 1 atom stereocenters. The number of hydrogen-bond acceptors (Lipinski definition) is 2. The number of thioether (sulfide) groups is 1. The molecule has 0 aromatic rings. The van der Waals surface area contributed by atoms with Gasteiger partial charge in [-0.25, -0.2) is 0 Å². The van der Waals surface area contributed by atoms with Gasteiger partial charge in [-0.05, 0) is 25.7 Å². The maximum Gasteiger partial charge on any atom is 0.169 e. The van der Waals surface area contributed by atoms with Gasteiger partial charge in [0.1, 0.15) is 0 Å². The van der Waals surface area contributed by atoms with Crippen LogP contribution in [0.2, 0.25) is 0 Å². The number of rotatable bonds is 2. The topological polar surface area (TPSA) is 17.1 Å². The highest BCUT2D eigenvalue weighted by Gasteiger charge is 2.31. The molecule has 0 bridgehead atoms. The van der Waals surface area contributed by atoms with Crippen LogP contribution in [-0.4, -0.2) is 17.8 Å². The molecular weight excluding hydrogens is 168 g/mol. The van der Waals surface area contributed by atoms with E-state index in [1.54, 1.807) is 11.8 Å². The zero-order valence-electron chi connectivity index (χ0n) is 7.76. The third kappa shape index (κ3) is 1.63. The summed E-state index contributed by atoms with van der Waals surface area (Å²) >= 11 is 1.71. The van der Waals surface area contributed by atoms with Gasteiger partial charge in [-0.3, -0.25) is 4.79 Å². The highest BCUT2D eigenvalue weighted by molar-refractivity contribution is 7.98. The molecule has 0 radical (unpaired) electrons. The van der Waals surface area contributed by atoms with Crippen molar-refractivity contribution in [2.45, 2.75) is 13.8 Å². The van der Waals surface area contributed by atoms with Gasteiger partial charge in [-0.15, -0.1) is 0 Å². The molecule has 0 aromatic carbocycles. The first kappa shape index (κ1) is 9.59. The first-order valence-corrected chi connectivity index (χ1v) is 5.39. The predicted molar refractivity (Wildman–Crippen MR) is 54.4 cm³/mol. The van der Waals surface area contributed by atoms with Crippen LogP contribution < -0.4 is 0 Å². The van der Waals surface area contributed by atoms with E-state index in [0.717, 1.165) is 11.3 Å². The summed E-state index contributed by atoms with van der Waals surface area (Å²) in [6, 6.07) is 0. The molecule has 0 amide bonds. The molecule has 2 heteroatoms. The minimum absolute atomic E-state index is 0.263. The standard InChI is InChI=1S/C10H14OS/c1-8-5-4-6-10(2,7-12-3)9(8)11/h4-6H,7H2,1-3H3. The molecule has 0 N–H and O–H groups in total. The van der Waals surface area contributed by atoms with Crippen LogP contribution in [-0.2, 0) is 4.79 Å². The van der Waals surface area contributed by atoms with Crippen molar-refractivity contribution in [1.82, 2.24) is 0 Å². The van der Waals surface area contributed by atoms with Gasteiger partial charge < -0.3 is 0 Å². The lowest BCUT2D eigenvalue weighted by Crippen LogP contribution is -2.30. The third-order valence-electron chi connectivity index (χ3n) is 2.13. The SMILES string of the molecule is CSCC1(C)C=CC=C(C)C1=O. The summed E-state index contributed by atoms with van der Waals surface area (Å²) < 4.78 is 0. The largest absolute Gasteiger partial charge is 0.294 e. The van der Waals surface area contributed by atoms with Gasteiger partial charge in [0, 0.05) is 5.75 Å². The average Bonchev–Trinajstić information content (AvgIpc) is 2.01. The minimum Gasteiger partial charge on any atom is -0.294 e. The van der Waals surface area contributed by atoms with Gasteiger partial charge in [0.15, 0.2) is 5.78 Å². The molecule has 0 aromatic heterocycles. The summed E-state index contributed by atoms with van der Waals surface area (Å²) in [5.74, 6) is 1.13. The monoisotopic (exact) mass is 182 g/mol. The molecule has 0 aliphatic heterocycles. The van der Waals surface area contributed by atoms with E-state index < -0.39 is 0 Å². The van der Waals surface area contributed by atoms with E-state index in [4.69, 9.17) is 0 Å². The van der Waals surface area contributed by atoms with Crippen LogP contribution in [0.1, 0.15) is 13.8 Å². The van der Waals surface area contributed by atoms with Crippen LogP contribution in [0.25, 0.3) is 0 Å². The number of carbonyl (C=O) groups is 1. The van der Waals surface area contributed by atoms with Crippen molar-refractivity contribution in [3.05, 3.63) is 23.8 Å². The van der Waals surface area contributed by atoms with Crippen molar-refractivity contribution < 1.29 is 4.79 Å². The highest BCUT2D eigenvalue weighted by atomic mass is 32.2. The first-order chi connectivity index (χ1) is 5.60. The molecule has 1 rings (SSSR count). The van der Waals surface area contributed by atoms with Gasteiger partial charge in [0.05, 0.1) is 5.41 Å². The lowest BCUT2D eigenvalue weighted by Gasteiger charge is -2.25. The van der Waals surface area contributed by atoms with Crippen LogP contribution in [0.5, 0.6) is 0 Å². The molecule has 1 aliphatic carbocycles. The van der Waals surface area contributed by atoms with Crippen LogP contribution >= 0.6 is 11.8 Å². The summed E-state index contributed by atoms with van der Waals surface area (Å²) in [4.78, 5) is 11.7. The van der Waals surface area contributed by atoms with E-state index in [0.29, 0.717) is 0 Å². The molecule has 1 aliphatic rings. The second-order valence-electron chi connectivity index (χ2n) is 3.39. The molecule has 0 saturated carbocycles. The Morgan fingerprint density at radius 1 is 1.58 bits per heavy atom. The predicted octanol–water partition coefficient (Wildman–Crippen LogP) is 2.44. The summed E-state index contributed by atoms with van der Waals surface area (Å²) in [6.45, 7) is 3.88. The zero-order valence-corrected chi connectivity index (χ0v) is 8.57. The normalized spacial score (nSPS) is 28.9. The second kappa shape index (κ2) is 3.48. The van der Waals surface area contributed by atoms with Gasteiger partial charge in [-0.2, -0.15) is 11.8 Å². The number of Topliss-reactive ketones (excluding diaryl/α,β-unsaturated/α-hetero) is 1. The fourth-order valence-electron chi connectivity index (χ4n) is 1.42. The Balaban J connectivity index is 2.88. The zero-order chi connectivity index (χ0) is 9.19. The number of hydrogen-bond donors (Lipinski definition) is 0. The Bertz CT molecular complexity index is 253. The van der Waals surface area contributed by atoms with Crippen molar-refractivity contribution in [1.29, 1.82) is 0 Å². The van der Waals surface area contributed by atoms with Crippen molar-refractivity contribution in [2.75, 3.05) is 12.0 Å². The van der Waals surface area contributed by atoms with E-state index in [1.807, 2.05) is 38.3 Å². The van der Waals surface area contributed by atoms with Crippen molar-refractivity contribution in [2.24, 2.45) is 5.41 Å². The third-order valence-corrected chi connectivity index (χ3v) is 3.02. The molecule has 12 heavy (non-hydrogen) atoms.